The summed E-state index contributed by atoms with van der Waals surface area (Å²) >= 11 is 6.31. The van der Waals surface area contributed by atoms with E-state index in [2.05, 4.69) is 10.3 Å². The second kappa shape index (κ2) is 9.99. The van der Waals surface area contributed by atoms with Crippen LogP contribution in [-0.4, -0.2) is 43.6 Å². The van der Waals surface area contributed by atoms with Gasteiger partial charge in [0.2, 0.25) is 0 Å². The van der Waals surface area contributed by atoms with Gasteiger partial charge in [0.25, 0.3) is 5.91 Å². The monoisotopic (exact) mass is 503 g/mol. The number of imidazole rings is 1. The first-order chi connectivity index (χ1) is 16.6. The molecule has 4 rings (SSSR count). The molecular formula is C25H31ClFN5O3. The Morgan fingerprint density at radius 1 is 1.34 bits per heavy atom. The fourth-order valence-corrected chi connectivity index (χ4v) is 4.96. The van der Waals surface area contributed by atoms with E-state index in [1.165, 1.54) is 6.07 Å². The first-order valence-corrected chi connectivity index (χ1v) is 12.2. The number of halogens is 2. The average Bonchev–Trinajstić information content (AvgIpc) is 3.14. The Bertz CT molecular complexity index is 1260. The molecular weight excluding hydrogens is 473 g/mol. The Labute approximate surface area is 208 Å². The number of hydrogen-bond acceptors (Lipinski definition) is 6. The minimum atomic E-state index is -0.862. The number of aryl methyl sites for hydroxylation is 1. The summed E-state index contributed by atoms with van der Waals surface area (Å²) in [5, 5.41) is 12.9. The van der Waals surface area contributed by atoms with Crippen molar-refractivity contribution in [2.24, 2.45) is 0 Å². The number of aliphatic hydroxyl groups is 1. The van der Waals surface area contributed by atoms with Crippen molar-refractivity contribution in [3.05, 3.63) is 51.9 Å². The number of nitrogens with zero attached hydrogens (tertiary/aromatic N) is 3. The molecule has 2 heterocycles. The molecule has 1 aliphatic rings. The predicted octanol–water partition coefficient (Wildman–Crippen LogP) is 4.38. The minimum absolute atomic E-state index is 0.105. The van der Waals surface area contributed by atoms with Gasteiger partial charge in [0.1, 0.15) is 28.5 Å². The lowest BCUT2D eigenvalue weighted by molar-refractivity contribution is 0.0710. The van der Waals surface area contributed by atoms with Gasteiger partial charge in [0.05, 0.1) is 29.0 Å². The number of carbonyl (C=O) groups excluding carboxylic acids is 1. The van der Waals surface area contributed by atoms with Gasteiger partial charge in [-0.2, -0.15) is 0 Å². The van der Waals surface area contributed by atoms with Crippen LogP contribution in [0.15, 0.2) is 18.5 Å². The molecule has 1 aliphatic carbocycles. The van der Waals surface area contributed by atoms with Crippen LogP contribution >= 0.6 is 11.6 Å². The summed E-state index contributed by atoms with van der Waals surface area (Å²) in [7, 11) is 0. The zero-order valence-corrected chi connectivity index (χ0v) is 21.1. The number of nitrogens with one attached hydrogen (secondary N) is 1. The Morgan fingerprint density at radius 3 is 2.74 bits per heavy atom. The third-order valence-corrected chi connectivity index (χ3v) is 6.74. The van der Waals surface area contributed by atoms with Crippen molar-refractivity contribution in [1.29, 1.82) is 0 Å². The molecule has 8 nitrogen and oxygen atoms in total. The lowest BCUT2D eigenvalue weighted by Gasteiger charge is -2.29. The molecule has 0 unspecified atom stereocenters. The summed E-state index contributed by atoms with van der Waals surface area (Å²) in [6, 6.07) is 1.02. The third-order valence-electron chi connectivity index (χ3n) is 6.47. The summed E-state index contributed by atoms with van der Waals surface area (Å²) in [4.78, 5) is 22.2. The van der Waals surface area contributed by atoms with Crippen LogP contribution in [0.1, 0.15) is 79.8 Å². The molecule has 1 aromatic carbocycles. The molecule has 10 heteroatoms. The number of carbonyl (C=O) groups is 1. The van der Waals surface area contributed by atoms with Crippen LogP contribution in [0.5, 0.6) is 5.75 Å². The summed E-state index contributed by atoms with van der Waals surface area (Å²) < 4.78 is 23.3. The number of rotatable bonds is 6. The highest BCUT2D eigenvalue weighted by atomic mass is 35.5. The van der Waals surface area contributed by atoms with Gasteiger partial charge in [-0.15, -0.1) is 0 Å². The maximum Gasteiger partial charge on any atom is 0.258 e. The Kier molecular flexibility index (Phi) is 7.19. The van der Waals surface area contributed by atoms with Gasteiger partial charge < -0.3 is 20.9 Å². The second-order valence-corrected chi connectivity index (χ2v) is 9.78. The maximum atomic E-state index is 15.4. The zero-order valence-electron chi connectivity index (χ0n) is 20.3. The van der Waals surface area contributed by atoms with Crippen LogP contribution in [0.3, 0.4) is 0 Å². The van der Waals surface area contributed by atoms with Gasteiger partial charge in [-0.3, -0.25) is 9.20 Å². The number of nitrogen functional groups attached to an aromatic ring is 1. The molecule has 4 N–H and O–H groups in total. The van der Waals surface area contributed by atoms with Crippen LogP contribution in [-0.2, 0) is 0 Å². The van der Waals surface area contributed by atoms with Crippen LogP contribution in [0.25, 0.3) is 5.52 Å². The molecule has 2 aromatic heterocycles. The van der Waals surface area contributed by atoms with E-state index in [0.717, 1.165) is 12.8 Å². The Hall–Kier alpha value is -2.91. The number of amides is 1. The molecule has 35 heavy (non-hydrogen) atoms. The van der Waals surface area contributed by atoms with Crippen LogP contribution < -0.4 is 15.8 Å². The fourth-order valence-electron chi connectivity index (χ4n) is 4.75. The van der Waals surface area contributed by atoms with E-state index >= 15 is 4.39 Å². The average molecular weight is 504 g/mol. The molecule has 0 radical (unpaired) electrons. The van der Waals surface area contributed by atoms with E-state index in [0.29, 0.717) is 41.3 Å². The van der Waals surface area contributed by atoms with Gasteiger partial charge in [0, 0.05) is 23.9 Å². The van der Waals surface area contributed by atoms with Crippen molar-refractivity contribution in [1.82, 2.24) is 19.7 Å². The van der Waals surface area contributed by atoms with Gasteiger partial charge >= 0.3 is 0 Å². The number of aliphatic hydroxyl groups excluding tert-OH is 1. The number of nitrogens with two attached hydrogens (primary N) is 1. The number of hydrogen-bond donors (Lipinski definition) is 3. The number of ether oxygens (including phenoxy) is 1. The van der Waals surface area contributed by atoms with E-state index in [1.807, 2.05) is 18.2 Å². The smallest absolute Gasteiger partial charge is 0.258 e. The minimum Gasteiger partial charge on any atom is -0.490 e. The molecule has 0 bridgehead atoms. The highest BCUT2D eigenvalue weighted by Crippen LogP contribution is 2.40. The topological polar surface area (TPSA) is 115 Å². The maximum absolute atomic E-state index is 15.4. The van der Waals surface area contributed by atoms with Crippen molar-refractivity contribution >= 4 is 28.8 Å². The van der Waals surface area contributed by atoms with Gasteiger partial charge in [-0.05, 0) is 39.7 Å². The molecule has 1 saturated carbocycles. The summed E-state index contributed by atoms with van der Waals surface area (Å²) in [6.07, 6.45) is 5.29. The van der Waals surface area contributed by atoms with E-state index in [4.69, 9.17) is 27.1 Å². The Balaban J connectivity index is 1.84. The highest BCUT2D eigenvalue weighted by Gasteiger charge is 2.32. The fraction of sp³-hybridized carbons (Fsp3) is 0.480. The van der Waals surface area contributed by atoms with Crippen molar-refractivity contribution in [2.75, 3.05) is 5.73 Å². The van der Waals surface area contributed by atoms with Gasteiger partial charge in [-0.25, -0.2) is 14.4 Å². The second-order valence-electron chi connectivity index (χ2n) is 9.37. The predicted molar refractivity (Wildman–Crippen MR) is 133 cm³/mol. The molecule has 1 amide bonds. The van der Waals surface area contributed by atoms with Crippen molar-refractivity contribution < 1.29 is 19.0 Å². The number of aromatic nitrogens is 3. The summed E-state index contributed by atoms with van der Waals surface area (Å²) in [6.45, 7) is 7.32. The van der Waals surface area contributed by atoms with E-state index in [9.17, 15) is 9.90 Å². The van der Waals surface area contributed by atoms with Crippen LogP contribution in [0, 0.1) is 12.7 Å². The first kappa shape index (κ1) is 25.2. The molecule has 3 atom stereocenters. The van der Waals surface area contributed by atoms with Crippen LogP contribution in [0.4, 0.5) is 10.2 Å². The van der Waals surface area contributed by atoms with Gasteiger partial charge in [0.15, 0.2) is 5.82 Å². The quantitative estimate of drug-likeness (QED) is 0.459. The molecule has 0 spiro atoms. The van der Waals surface area contributed by atoms with Crippen molar-refractivity contribution in [3.63, 3.8) is 0 Å². The van der Waals surface area contributed by atoms with E-state index < -0.39 is 29.8 Å². The molecule has 0 saturated heterocycles. The number of fused-ring (bicyclic) bond motifs is 1. The largest absolute Gasteiger partial charge is 0.490 e. The SMILES string of the molecule is Cc1nc([C@@H](C)c2cc(Cl)c(F)c(C(=O)N[C@@H]3CCCC[C@@H]3O)c2OC(C)C)n2ccnc(N)c12. The third kappa shape index (κ3) is 4.79. The van der Waals surface area contributed by atoms with Crippen LogP contribution in [0.2, 0.25) is 5.02 Å². The summed E-state index contributed by atoms with van der Waals surface area (Å²) in [5.41, 5.74) is 7.69. The lowest BCUT2D eigenvalue weighted by Crippen LogP contribution is -2.45. The standard InChI is InChI=1S/C25H31ClFN5O3/c1-12(2)35-22-15(13(3)24-30-14(4)21-23(28)29-9-10-32(21)24)11-16(26)20(27)19(22)25(34)31-17-7-5-6-8-18(17)33/h9-13,17-18,33H,5-8H2,1-4H3,(H2,28,29)(H,31,34)/t13-,17+,18-/m0/s1. The first-order valence-electron chi connectivity index (χ1n) is 11.9. The normalized spacial score (nSPS) is 19.2. The highest BCUT2D eigenvalue weighted by molar-refractivity contribution is 6.31. The van der Waals surface area contributed by atoms with Crippen molar-refractivity contribution in [3.8, 4) is 5.75 Å². The number of anilines is 1. The lowest BCUT2D eigenvalue weighted by atomic mass is 9.91. The molecule has 0 aliphatic heterocycles. The molecule has 188 valence electrons. The van der Waals surface area contributed by atoms with E-state index in [1.54, 1.807) is 26.2 Å². The van der Waals surface area contributed by atoms with E-state index in [-0.39, 0.29) is 22.4 Å². The zero-order chi connectivity index (χ0) is 25.4. The molecule has 3 aromatic rings. The van der Waals surface area contributed by atoms with Gasteiger partial charge in [-0.1, -0.05) is 31.4 Å². The Morgan fingerprint density at radius 2 is 2.06 bits per heavy atom. The molecule has 1 fully saturated rings. The number of benzene rings is 1. The van der Waals surface area contributed by atoms with Crippen molar-refractivity contribution in [2.45, 2.75) is 77.5 Å². The summed E-state index contributed by atoms with van der Waals surface area (Å²) in [5.74, 6) is -0.892.